The van der Waals surface area contributed by atoms with E-state index in [4.69, 9.17) is 4.74 Å². The summed E-state index contributed by atoms with van der Waals surface area (Å²) in [5, 5.41) is 0. The predicted octanol–water partition coefficient (Wildman–Crippen LogP) is 4.51. The molecule has 2 aromatic carbocycles. The van der Waals surface area contributed by atoms with E-state index >= 15 is 0 Å². The lowest BCUT2D eigenvalue weighted by atomic mass is 9.83. The van der Waals surface area contributed by atoms with E-state index in [1.165, 1.54) is 13.2 Å². The van der Waals surface area contributed by atoms with E-state index in [9.17, 15) is 22.8 Å². The highest BCUT2D eigenvalue weighted by Gasteiger charge is 2.39. The van der Waals surface area contributed by atoms with Crippen molar-refractivity contribution in [3.8, 4) is 0 Å². The molecule has 2 aromatic rings. The number of benzene rings is 2. The standard InChI is InChI=1S/C25H27F3N2O3/c1-33-24(32)19-7-5-17(6-8-19)14-29-12-11-22-20(16-29)9-10-23(31)30(22)15-18-3-2-4-21(13-18)25(26,27)28/h2-8,13,20,22H,9-12,14-16H2,1H3/t20-,22+/m1/s1. The monoisotopic (exact) mass is 460 g/mol. The van der Waals surface area contributed by atoms with Gasteiger partial charge in [0.25, 0.3) is 0 Å². The van der Waals surface area contributed by atoms with Crippen molar-refractivity contribution in [2.24, 2.45) is 5.92 Å². The third kappa shape index (κ3) is 5.38. The number of alkyl halides is 3. The minimum Gasteiger partial charge on any atom is -0.465 e. The van der Waals surface area contributed by atoms with Gasteiger partial charge in [-0.1, -0.05) is 24.3 Å². The molecule has 2 saturated heterocycles. The number of methoxy groups -OCH3 is 1. The van der Waals surface area contributed by atoms with E-state index < -0.39 is 11.7 Å². The van der Waals surface area contributed by atoms with Crippen LogP contribution < -0.4 is 0 Å². The maximum absolute atomic E-state index is 13.1. The number of amides is 1. The Morgan fingerprint density at radius 1 is 1.06 bits per heavy atom. The topological polar surface area (TPSA) is 49.9 Å². The van der Waals surface area contributed by atoms with Crippen LogP contribution in [0, 0.1) is 5.92 Å². The van der Waals surface area contributed by atoms with Crippen LogP contribution in [0.4, 0.5) is 13.2 Å². The second-order valence-corrected chi connectivity index (χ2v) is 8.80. The first-order valence-corrected chi connectivity index (χ1v) is 11.1. The van der Waals surface area contributed by atoms with Crippen molar-refractivity contribution in [3.63, 3.8) is 0 Å². The van der Waals surface area contributed by atoms with Gasteiger partial charge in [0, 0.05) is 38.6 Å². The second-order valence-electron chi connectivity index (χ2n) is 8.80. The van der Waals surface area contributed by atoms with Gasteiger partial charge in [-0.15, -0.1) is 0 Å². The average molecular weight is 460 g/mol. The number of nitrogens with zero attached hydrogens (tertiary/aromatic N) is 2. The molecule has 0 unspecified atom stereocenters. The van der Waals surface area contributed by atoms with Crippen LogP contribution in [0.25, 0.3) is 0 Å². The average Bonchev–Trinajstić information content (AvgIpc) is 2.80. The van der Waals surface area contributed by atoms with Gasteiger partial charge in [-0.2, -0.15) is 13.2 Å². The normalized spacial score (nSPS) is 21.6. The molecule has 2 heterocycles. The number of halogens is 3. The third-order valence-electron chi connectivity index (χ3n) is 6.62. The van der Waals surface area contributed by atoms with Gasteiger partial charge >= 0.3 is 12.1 Å². The molecule has 0 aromatic heterocycles. The minimum absolute atomic E-state index is 0.0144. The van der Waals surface area contributed by atoms with Crippen LogP contribution in [-0.4, -0.2) is 47.9 Å². The number of carbonyl (C=O) groups excluding carboxylic acids is 2. The van der Waals surface area contributed by atoms with Gasteiger partial charge in [0.2, 0.25) is 5.91 Å². The summed E-state index contributed by atoms with van der Waals surface area (Å²) in [6.07, 6.45) is -2.40. The van der Waals surface area contributed by atoms with Crippen LogP contribution in [0.1, 0.15) is 46.3 Å². The van der Waals surface area contributed by atoms with Gasteiger partial charge in [-0.05, 0) is 54.2 Å². The summed E-state index contributed by atoms with van der Waals surface area (Å²) >= 11 is 0. The highest BCUT2D eigenvalue weighted by atomic mass is 19.4. The van der Waals surface area contributed by atoms with Gasteiger partial charge < -0.3 is 9.64 Å². The van der Waals surface area contributed by atoms with Crippen LogP contribution in [0.15, 0.2) is 48.5 Å². The third-order valence-corrected chi connectivity index (χ3v) is 6.62. The van der Waals surface area contributed by atoms with Crippen LogP contribution in [-0.2, 0) is 28.8 Å². The summed E-state index contributed by atoms with van der Waals surface area (Å²) in [6.45, 7) is 2.58. The maximum atomic E-state index is 13.1. The Hall–Kier alpha value is -2.87. The van der Waals surface area contributed by atoms with Crippen LogP contribution >= 0.6 is 0 Å². The Balaban J connectivity index is 1.40. The fraction of sp³-hybridized carbons (Fsp3) is 0.440. The molecule has 2 atom stereocenters. The highest BCUT2D eigenvalue weighted by molar-refractivity contribution is 5.89. The van der Waals surface area contributed by atoms with Crippen LogP contribution in [0.2, 0.25) is 0 Å². The van der Waals surface area contributed by atoms with Gasteiger partial charge in [0.1, 0.15) is 0 Å². The van der Waals surface area contributed by atoms with Crippen molar-refractivity contribution in [3.05, 3.63) is 70.8 Å². The molecule has 0 bridgehead atoms. The lowest BCUT2D eigenvalue weighted by Crippen LogP contribution is -2.55. The Kier molecular flexibility index (Phi) is 6.74. The predicted molar refractivity (Wildman–Crippen MR) is 116 cm³/mol. The molecule has 0 aliphatic carbocycles. The Bertz CT molecular complexity index is 1010. The molecule has 0 N–H and O–H groups in total. The molecule has 8 heteroatoms. The number of piperidine rings is 2. The largest absolute Gasteiger partial charge is 0.465 e. The van der Waals surface area contributed by atoms with Gasteiger partial charge in [-0.25, -0.2) is 4.79 Å². The molecule has 0 radical (unpaired) electrons. The minimum atomic E-state index is -4.40. The first kappa shape index (κ1) is 23.3. The fourth-order valence-corrected chi connectivity index (χ4v) is 4.94. The molecule has 0 saturated carbocycles. The molecule has 1 amide bonds. The molecule has 176 valence electrons. The summed E-state index contributed by atoms with van der Waals surface area (Å²) < 4.78 is 44.0. The smallest absolute Gasteiger partial charge is 0.416 e. The molecular formula is C25H27F3N2O3. The van der Waals surface area contributed by atoms with E-state index in [1.54, 1.807) is 23.1 Å². The Morgan fingerprint density at radius 2 is 1.82 bits per heavy atom. The van der Waals surface area contributed by atoms with Gasteiger partial charge in [0.05, 0.1) is 18.2 Å². The fourth-order valence-electron chi connectivity index (χ4n) is 4.94. The highest BCUT2D eigenvalue weighted by Crippen LogP contribution is 2.34. The van der Waals surface area contributed by atoms with Crippen molar-refractivity contribution >= 4 is 11.9 Å². The van der Waals surface area contributed by atoms with Crippen molar-refractivity contribution in [1.29, 1.82) is 0 Å². The number of fused-ring (bicyclic) bond motifs is 1. The lowest BCUT2D eigenvalue weighted by molar-refractivity contribution is -0.142. The Morgan fingerprint density at radius 3 is 2.52 bits per heavy atom. The number of likely N-dealkylation sites (tertiary alicyclic amines) is 2. The van der Waals surface area contributed by atoms with E-state index in [1.807, 2.05) is 12.1 Å². The summed E-state index contributed by atoms with van der Waals surface area (Å²) in [6, 6.07) is 12.6. The molecule has 33 heavy (non-hydrogen) atoms. The van der Waals surface area contributed by atoms with Crippen molar-refractivity contribution in [2.75, 3.05) is 20.2 Å². The summed E-state index contributed by atoms with van der Waals surface area (Å²) in [5.41, 5.74) is 1.42. The van der Waals surface area contributed by atoms with Crippen LogP contribution in [0.5, 0.6) is 0 Å². The van der Waals surface area contributed by atoms with Crippen molar-refractivity contribution in [2.45, 2.75) is 44.6 Å². The Labute approximate surface area is 191 Å². The molecule has 5 nitrogen and oxygen atoms in total. The van der Waals surface area contributed by atoms with Gasteiger partial charge in [0.15, 0.2) is 0 Å². The molecular weight excluding hydrogens is 433 g/mol. The molecule has 2 aliphatic heterocycles. The SMILES string of the molecule is COC(=O)c1ccc(CN2CC[C@H]3[C@H](CCC(=O)N3Cc3cccc(C(F)(F)F)c3)C2)cc1. The van der Waals surface area contributed by atoms with Gasteiger partial charge in [-0.3, -0.25) is 9.69 Å². The van der Waals surface area contributed by atoms with E-state index in [2.05, 4.69) is 4.90 Å². The summed E-state index contributed by atoms with van der Waals surface area (Å²) in [4.78, 5) is 28.4. The van der Waals surface area contributed by atoms with Crippen LogP contribution in [0.3, 0.4) is 0 Å². The molecule has 2 fully saturated rings. The molecule has 4 rings (SSSR count). The zero-order chi connectivity index (χ0) is 23.6. The second kappa shape index (κ2) is 9.55. The summed E-state index contributed by atoms with van der Waals surface area (Å²) in [7, 11) is 1.35. The number of rotatable bonds is 5. The van der Waals surface area contributed by atoms with E-state index in [0.29, 0.717) is 17.5 Å². The maximum Gasteiger partial charge on any atom is 0.416 e. The van der Waals surface area contributed by atoms with E-state index in [-0.39, 0.29) is 30.4 Å². The number of esters is 1. The molecule has 0 spiro atoms. The first-order chi connectivity index (χ1) is 15.7. The number of ether oxygens (including phenoxy) is 1. The lowest BCUT2D eigenvalue weighted by Gasteiger charge is -2.47. The van der Waals surface area contributed by atoms with Crippen molar-refractivity contribution < 1.29 is 27.5 Å². The molecule has 2 aliphatic rings. The zero-order valence-corrected chi connectivity index (χ0v) is 18.5. The zero-order valence-electron chi connectivity index (χ0n) is 18.5. The summed E-state index contributed by atoms with van der Waals surface area (Å²) in [5.74, 6) is -0.0628. The number of hydrogen-bond acceptors (Lipinski definition) is 4. The number of carbonyl (C=O) groups is 2. The number of hydrogen-bond donors (Lipinski definition) is 0. The quantitative estimate of drug-likeness (QED) is 0.617. The first-order valence-electron chi connectivity index (χ1n) is 11.1. The van der Waals surface area contributed by atoms with E-state index in [0.717, 1.165) is 50.2 Å². The van der Waals surface area contributed by atoms with Crippen molar-refractivity contribution in [1.82, 2.24) is 9.80 Å².